The van der Waals surface area contributed by atoms with E-state index >= 15 is 0 Å². The molecule has 2 aliphatic rings. The molecule has 0 saturated carbocycles. The maximum atomic E-state index is 12.5. The van der Waals surface area contributed by atoms with Crippen molar-refractivity contribution in [3.63, 3.8) is 0 Å². The normalized spacial score (nSPS) is 20.2. The predicted octanol–water partition coefficient (Wildman–Crippen LogP) is 1.10. The molecular formula is C25H35N5O5. The number of methoxy groups -OCH3 is 2. The number of aliphatic hydroxyl groups is 1. The van der Waals surface area contributed by atoms with Crippen molar-refractivity contribution in [2.75, 3.05) is 33.9 Å². The van der Waals surface area contributed by atoms with Crippen LogP contribution in [0.2, 0.25) is 0 Å². The van der Waals surface area contributed by atoms with Gasteiger partial charge in [0.25, 0.3) is 5.91 Å². The molecule has 2 unspecified atom stereocenters. The first-order valence-electron chi connectivity index (χ1n) is 11.7. The molecule has 190 valence electrons. The summed E-state index contributed by atoms with van der Waals surface area (Å²) in [6, 6.07) is 3.35. The second-order valence-electron chi connectivity index (χ2n) is 8.76. The van der Waals surface area contributed by atoms with Gasteiger partial charge < -0.3 is 36.3 Å². The van der Waals surface area contributed by atoms with Crippen LogP contribution >= 0.6 is 0 Å². The largest absolute Gasteiger partial charge is 0.496 e. The van der Waals surface area contributed by atoms with E-state index in [1.807, 2.05) is 0 Å². The molecule has 0 radical (unpaired) electrons. The van der Waals surface area contributed by atoms with Crippen LogP contribution in [-0.2, 0) is 9.59 Å². The van der Waals surface area contributed by atoms with E-state index < -0.39 is 12.0 Å². The lowest BCUT2D eigenvalue weighted by Crippen LogP contribution is -2.50. The van der Waals surface area contributed by atoms with Gasteiger partial charge in [-0.25, -0.2) is 0 Å². The molecule has 1 aromatic carbocycles. The molecule has 10 heteroatoms. The number of piperidine rings is 1. The van der Waals surface area contributed by atoms with Crippen molar-refractivity contribution in [3.8, 4) is 11.5 Å². The van der Waals surface area contributed by atoms with Gasteiger partial charge in [0.1, 0.15) is 22.9 Å². The highest BCUT2D eigenvalue weighted by Crippen LogP contribution is 2.37. The summed E-state index contributed by atoms with van der Waals surface area (Å²) in [5, 5.41) is 13.5. The summed E-state index contributed by atoms with van der Waals surface area (Å²) in [7, 11) is 2.95. The Bertz CT molecular complexity index is 1020. The zero-order valence-corrected chi connectivity index (χ0v) is 20.5. The number of hydrogen-bond acceptors (Lipinski definition) is 8. The van der Waals surface area contributed by atoms with E-state index in [9.17, 15) is 14.7 Å². The van der Waals surface area contributed by atoms with Crippen LogP contribution < -0.4 is 26.3 Å². The Labute approximate surface area is 205 Å². The molecule has 10 nitrogen and oxygen atoms in total. The Hall–Kier alpha value is -3.53. The fraction of sp³-hybridized carbons (Fsp3) is 0.480. The van der Waals surface area contributed by atoms with E-state index in [1.165, 1.54) is 20.3 Å². The molecule has 2 atom stereocenters. The number of ether oxygens (including phenoxy) is 2. The number of aliphatic imine (C=N–C) groups is 1. The molecule has 0 spiro atoms. The lowest BCUT2D eigenvalue weighted by Gasteiger charge is -2.38. The smallest absolute Gasteiger partial charge is 0.254 e. The standard InChI is InChI=1S/C25H35N5O5/c1-5-20(32)30-10-7-15(8-11-30)17-6-9-28-25(29-17)22(24(27)33)23(26)16-12-18(34-3)21(14(2)31)19(13-16)35-4/h5,12-15,17,31H,1,6-11,26H2,2-4H3,(H2,27,33)(H,28,29). The summed E-state index contributed by atoms with van der Waals surface area (Å²) in [6.45, 7) is 7.01. The number of carbonyl (C=O) groups is 2. The number of amides is 2. The van der Waals surface area contributed by atoms with Gasteiger partial charge in [-0.15, -0.1) is 0 Å². The number of nitrogens with one attached hydrogen (secondary N) is 1. The minimum absolute atomic E-state index is 0.0542. The maximum Gasteiger partial charge on any atom is 0.254 e. The molecule has 2 heterocycles. The van der Waals surface area contributed by atoms with Gasteiger partial charge in [0.2, 0.25) is 5.91 Å². The van der Waals surface area contributed by atoms with Crippen LogP contribution in [0.4, 0.5) is 0 Å². The average Bonchev–Trinajstić information content (AvgIpc) is 2.87. The first kappa shape index (κ1) is 26.1. The number of nitrogens with zero attached hydrogens (tertiary/aromatic N) is 2. The van der Waals surface area contributed by atoms with Gasteiger partial charge in [0.05, 0.1) is 31.6 Å². The molecular weight excluding hydrogens is 450 g/mol. The first-order valence-corrected chi connectivity index (χ1v) is 11.7. The van der Waals surface area contributed by atoms with Gasteiger partial charge in [-0.2, -0.15) is 0 Å². The van der Waals surface area contributed by atoms with E-state index in [0.29, 0.717) is 54.0 Å². The van der Waals surface area contributed by atoms with Crippen molar-refractivity contribution in [2.45, 2.75) is 38.3 Å². The fourth-order valence-corrected chi connectivity index (χ4v) is 4.79. The van der Waals surface area contributed by atoms with Crippen molar-refractivity contribution in [1.29, 1.82) is 0 Å². The topological polar surface area (TPSA) is 152 Å². The number of rotatable bonds is 8. The Morgan fingerprint density at radius 3 is 2.29 bits per heavy atom. The quantitative estimate of drug-likeness (QED) is 0.402. The number of likely N-dealkylation sites (tertiary alicyclic amines) is 1. The lowest BCUT2D eigenvalue weighted by molar-refractivity contribution is -0.127. The molecule has 2 aliphatic heterocycles. The van der Waals surface area contributed by atoms with Crippen LogP contribution in [-0.4, -0.2) is 67.6 Å². The van der Waals surface area contributed by atoms with Crippen LogP contribution in [0.5, 0.6) is 11.5 Å². The van der Waals surface area contributed by atoms with Gasteiger partial charge in [0.15, 0.2) is 0 Å². The van der Waals surface area contributed by atoms with Gasteiger partial charge >= 0.3 is 0 Å². The molecule has 1 aromatic rings. The summed E-state index contributed by atoms with van der Waals surface area (Å²) in [4.78, 5) is 30.7. The highest BCUT2D eigenvalue weighted by Gasteiger charge is 2.32. The van der Waals surface area contributed by atoms with Crippen LogP contribution in [0.3, 0.4) is 0 Å². The molecule has 0 aliphatic carbocycles. The second kappa shape index (κ2) is 11.3. The average molecular weight is 486 g/mol. The Morgan fingerprint density at radius 2 is 1.80 bits per heavy atom. The van der Waals surface area contributed by atoms with Crippen LogP contribution in [0, 0.1) is 5.92 Å². The molecule has 6 N–H and O–H groups in total. The van der Waals surface area contributed by atoms with E-state index in [1.54, 1.807) is 24.0 Å². The van der Waals surface area contributed by atoms with Gasteiger partial charge in [-0.3, -0.25) is 14.6 Å². The second-order valence-corrected chi connectivity index (χ2v) is 8.76. The SMILES string of the molecule is C=CC(=O)N1CCC(C2CCN=C(C(C(N)=O)=C(N)c3cc(OC)c(C(C)O)c(OC)c3)N2)CC1. The Morgan fingerprint density at radius 1 is 1.20 bits per heavy atom. The molecule has 1 fully saturated rings. The number of primary amides is 1. The molecule has 2 amide bonds. The van der Waals surface area contributed by atoms with E-state index in [-0.39, 0.29) is 23.2 Å². The maximum absolute atomic E-state index is 12.5. The van der Waals surface area contributed by atoms with Crippen molar-refractivity contribution in [1.82, 2.24) is 10.2 Å². The Balaban J connectivity index is 1.90. The molecule has 0 aromatic heterocycles. The van der Waals surface area contributed by atoms with E-state index in [0.717, 1.165) is 19.3 Å². The predicted molar refractivity (Wildman–Crippen MR) is 134 cm³/mol. The van der Waals surface area contributed by atoms with Gasteiger partial charge in [-0.05, 0) is 50.3 Å². The monoisotopic (exact) mass is 485 g/mol. The number of hydrogen-bond donors (Lipinski definition) is 4. The molecule has 3 rings (SSSR count). The minimum Gasteiger partial charge on any atom is -0.496 e. The number of benzene rings is 1. The summed E-state index contributed by atoms with van der Waals surface area (Å²) in [5.74, 6) is 0.653. The number of aliphatic hydroxyl groups excluding tert-OH is 1. The van der Waals surface area contributed by atoms with Crippen molar-refractivity contribution in [2.24, 2.45) is 22.4 Å². The molecule has 35 heavy (non-hydrogen) atoms. The van der Waals surface area contributed by atoms with Crippen LogP contribution in [0.15, 0.2) is 35.4 Å². The molecule has 1 saturated heterocycles. The third-order valence-corrected chi connectivity index (χ3v) is 6.65. The third-order valence-electron chi connectivity index (χ3n) is 6.65. The molecule has 0 bridgehead atoms. The van der Waals surface area contributed by atoms with Gasteiger partial charge in [0, 0.05) is 31.2 Å². The Kier molecular flexibility index (Phi) is 8.39. The van der Waals surface area contributed by atoms with Crippen molar-refractivity contribution >= 4 is 23.3 Å². The fourth-order valence-electron chi connectivity index (χ4n) is 4.79. The number of carbonyl (C=O) groups excluding carboxylic acids is 2. The zero-order chi connectivity index (χ0) is 25.7. The first-order chi connectivity index (χ1) is 16.7. The summed E-state index contributed by atoms with van der Waals surface area (Å²) >= 11 is 0. The van der Waals surface area contributed by atoms with Crippen molar-refractivity contribution in [3.05, 3.63) is 41.5 Å². The third kappa shape index (κ3) is 5.59. The number of nitrogens with two attached hydrogens (primary N) is 2. The highest BCUT2D eigenvalue weighted by atomic mass is 16.5. The number of amidine groups is 1. The summed E-state index contributed by atoms with van der Waals surface area (Å²) in [5.41, 5.74) is 13.4. The van der Waals surface area contributed by atoms with Crippen LogP contribution in [0.25, 0.3) is 5.70 Å². The summed E-state index contributed by atoms with van der Waals surface area (Å²) in [6.07, 6.45) is 2.98. The summed E-state index contributed by atoms with van der Waals surface area (Å²) < 4.78 is 10.9. The van der Waals surface area contributed by atoms with E-state index in [2.05, 4.69) is 16.9 Å². The lowest BCUT2D eigenvalue weighted by atomic mass is 9.86. The van der Waals surface area contributed by atoms with Crippen LogP contribution in [0.1, 0.15) is 43.4 Å². The van der Waals surface area contributed by atoms with E-state index in [4.69, 9.17) is 20.9 Å². The van der Waals surface area contributed by atoms with Gasteiger partial charge in [-0.1, -0.05) is 6.58 Å². The minimum atomic E-state index is -0.840. The highest BCUT2D eigenvalue weighted by molar-refractivity contribution is 6.25. The zero-order valence-electron chi connectivity index (χ0n) is 20.5. The van der Waals surface area contributed by atoms with Crippen molar-refractivity contribution < 1.29 is 24.2 Å².